The van der Waals surface area contributed by atoms with E-state index < -0.39 is 100 Å². The van der Waals surface area contributed by atoms with E-state index in [1.807, 2.05) is 57.2 Å². The van der Waals surface area contributed by atoms with Crippen LogP contribution in [0.2, 0.25) is 0 Å². The molecular formula is C51H68N4O12. The third-order valence-electron chi connectivity index (χ3n) is 15.6. The Morgan fingerprint density at radius 2 is 1.64 bits per heavy atom. The van der Waals surface area contributed by atoms with Crippen molar-refractivity contribution in [3.05, 3.63) is 65.8 Å². The summed E-state index contributed by atoms with van der Waals surface area (Å²) in [6, 6.07) is 4.76. The van der Waals surface area contributed by atoms with Crippen molar-refractivity contribution >= 4 is 52.9 Å². The predicted molar refractivity (Wildman–Crippen MR) is 246 cm³/mol. The summed E-state index contributed by atoms with van der Waals surface area (Å²) < 4.78 is 11.5. The van der Waals surface area contributed by atoms with Crippen molar-refractivity contribution in [3.63, 3.8) is 0 Å². The van der Waals surface area contributed by atoms with Gasteiger partial charge in [0, 0.05) is 35.8 Å². The third kappa shape index (κ3) is 9.79. The van der Waals surface area contributed by atoms with Crippen molar-refractivity contribution in [2.75, 3.05) is 6.54 Å². The number of nitrogens with zero attached hydrogens (tertiary/aromatic N) is 1. The lowest BCUT2D eigenvalue weighted by atomic mass is 9.44. The Morgan fingerprint density at radius 3 is 2.30 bits per heavy atom. The van der Waals surface area contributed by atoms with Crippen molar-refractivity contribution in [1.29, 1.82) is 0 Å². The fraction of sp³-hybridized carbons (Fsp3) is 0.608. The number of amides is 4. The Balaban J connectivity index is 1.11. The van der Waals surface area contributed by atoms with Crippen LogP contribution in [0.15, 0.2) is 60.2 Å². The van der Waals surface area contributed by atoms with Crippen molar-refractivity contribution in [2.24, 2.45) is 40.4 Å². The van der Waals surface area contributed by atoms with Crippen LogP contribution in [-0.4, -0.2) is 111 Å². The molecule has 3 saturated carbocycles. The third-order valence-corrected chi connectivity index (χ3v) is 15.6. The lowest BCUT2D eigenvalue weighted by Gasteiger charge is -2.61. The van der Waals surface area contributed by atoms with Crippen molar-refractivity contribution in [3.8, 4) is 0 Å². The molecule has 1 aromatic carbocycles. The van der Waals surface area contributed by atoms with Gasteiger partial charge in [-0.1, -0.05) is 83.5 Å². The number of nitrogens with one attached hydrogen (secondary N) is 3. The molecule has 5 N–H and O–H groups in total. The molecule has 4 aliphatic carbocycles. The summed E-state index contributed by atoms with van der Waals surface area (Å²) in [4.78, 5) is 108. The number of benzene rings is 1. The number of carbonyl (C=O) groups is 8. The van der Waals surface area contributed by atoms with Gasteiger partial charge in [-0.05, 0) is 106 Å². The molecular weight excluding hydrogens is 861 g/mol. The monoisotopic (exact) mass is 928 g/mol. The number of hydrogen-bond donors (Lipinski definition) is 5. The second-order valence-corrected chi connectivity index (χ2v) is 20.2. The number of likely N-dealkylation sites (tertiary alicyclic amines) is 1. The lowest BCUT2D eigenvalue weighted by Crippen LogP contribution is -2.65. The molecule has 1 heterocycles. The highest BCUT2D eigenvalue weighted by Gasteiger charge is 2.71. The Morgan fingerprint density at radius 1 is 0.955 bits per heavy atom. The highest BCUT2D eigenvalue weighted by molar-refractivity contribution is 6.01. The number of rotatable bonds is 14. The first-order chi connectivity index (χ1) is 31.5. The molecule has 16 heteroatoms. The Labute approximate surface area is 392 Å². The quantitative estimate of drug-likeness (QED) is 0.102. The summed E-state index contributed by atoms with van der Waals surface area (Å²) in [7, 11) is 0. The maximum atomic E-state index is 14.1. The van der Waals surface area contributed by atoms with Gasteiger partial charge in [0.05, 0.1) is 6.10 Å². The van der Waals surface area contributed by atoms with E-state index >= 15 is 0 Å². The number of ether oxygens (including phenoxy) is 2. The minimum absolute atomic E-state index is 0.00937. The van der Waals surface area contributed by atoms with Gasteiger partial charge in [0.1, 0.15) is 24.2 Å². The number of ketones is 1. The molecule has 3 unspecified atom stereocenters. The Kier molecular flexibility index (Phi) is 15.2. The molecule has 5 aliphatic rings. The molecule has 67 heavy (non-hydrogen) atoms. The molecule has 0 radical (unpaired) electrons. The zero-order valence-corrected chi connectivity index (χ0v) is 40.1. The molecule has 364 valence electrons. The Hall–Kier alpha value is -5.48. The van der Waals surface area contributed by atoms with E-state index in [4.69, 9.17) is 9.47 Å². The molecule has 4 fully saturated rings. The molecule has 0 aromatic heterocycles. The van der Waals surface area contributed by atoms with Crippen LogP contribution in [0, 0.1) is 40.4 Å². The summed E-state index contributed by atoms with van der Waals surface area (Å²) in [6.45, 7) is 15.6. The minimum atomic E-state index is -2.14. The van der Waals surface area contributed by atoms with E-state index in [2.05, 4.69) is 16.0 Å². The summed E-state index contributed by atoms with van der Waals surface area (Å²) >= 11 is 0. The molecule has 1 aliphatic heterocycles. The molecule has 1 aromatic rings. The van der Waals surface area contributed by atoms with E-state index in [9.17, 15) is 48.6 Å². The highest BCUT2D eigenvalue weighted by Crippen LogP contribution is 2.69. The fourth-order valence-corrected chi connectivity index (χ4v) is 12.1. The van der Waals surface area contributed by atoms with Crippen molar-refractivity contribution in [2.45, 2.75) is 149 Å². The average Bonchev–Trinajstić information content (AvgIpc) is 3.88. The predicted octanol–water partition coefficient (Wildman–Crippen LogP) is 3.88. The van der Waals surface area contributed by atoms with Crippen LogP contribution in [0.5, 0.6) is 0 Å². The lowest BCUT2D eigenvalue weighted by molar-refractivity contribution is -0.227. The normalized spacial score (nSPS) is 31.8. The Bertz CT molecular complexity index is 2240. The summed E-state index contributed by atoms with van der Waals surface area (Å²) in [6.07, 6.45) is 5.16. The number of allylic oxidation sites excluding steroid dienone is 5. The second-order valence-electron chi connectivity index (χ2n) is 20.2. The first-order valence-electron chi connectivity index (χ1n) is 23.7. The number of aliphatic hydroxyl groups excluding tert-OH is 2. The number of carbonyl (C=O) groups excluding carboxylic acids is 8. The molecule has 13 atom stereocenters. The van der Waals surface area contributed by atoms with E-state index in [-0.39, 0.29) is 61.7 Å². The highest BCUT2D eigenvalue weighted by atomic mass is 16.6. The van der Waals surface area contributed by atoms with Gasteiger partial charge in [0.2, 0.25) is 23.6 Å². The number of fused-ring (bicyclic) bond motifs is 5. The smallest absolute Gasteiger partial charge is 0.346 e. The van der Waals surface area contributed by atoms with Crippen LogP contribution >= 0.6 is 0 Å². The van der Waals surface area contributed by atoms with E-state index in [0.717, 1.165) is 11.1 Å². The van der Waals surface area contributed by atoms with Crippen LogP contribution in [0.3, 0.4) is 0 Å². The number of esters is 3. The maximum Gasteiger partial charge on any atom is 0.346 e. The van der Waals surface area contributed by atoms with Crippen LogP contribution in [0.1, 0.15) is 113 Å². The summed E-state index contributed by atoms with van der Waals surface area (Å²) in [5.41, 5.74) is -1.13. The zero-order valence-electron chi connectivity index (χ0n) is 40.1. The average molecular weight is 929 g/mol. The van der Waals surface area contributed by atoms with E-state index in [1.165, 1.54) is 30.9 Å². The minimum Gasteiger partial charge on any atom is -0.455 e. The maximum absolute atomic E-state index is 14.1. The van der Waals surface area contributed by atoms with E-state index in [0.29, 0.717) is 24.8 Å². The fourth-order valence-electron chi connectivity index (χ4n) is 12.1. The van der Waals surface area contributed by atoms with Crippen LogP contribution in [-0.2, 0) is 47.8 Å². The molecule has 16 nitrogen and oxygen atoms in total. The standard InChI is InChI=1S/C51H68N4O12/c1-10-40(59)67-51(21-19-35-34-23-29(5)36-25-33(56)18-20-49(36,8)41(34)38(57)26-50(35,51)9)43(60)48(65)66-47(64)42(27(2)3)54-45(62)37-17-14-22-55(37)46(63)31(7)53-44(61)30(6)52-39(58)24-28(4)32-15-12-11-13-16-32/h11-13,15-16,18,20,24-25,27,29-31,34-35,37-38,41-43,57,60H,10,14,17,19,21-23,26H2,1-9H3,(H,52,58)(H,53,61)(H,54,62)/t29?,30-,31-,34-,35-,37+,38?,41+,42-,43?,49-,50-,51-/m0/s1. The van der Waals surface area contributed by atoms with Crippen molar-refractivity contribution in [1.82, 2.24) is 20.9 Å². The zero-order chi connectivity index (χ0) is 49.3. The van der Waals surface area contributed by atoms with Crippen molar-refractivity contribution < 1.29 is 58.0 Å². The number of aliphatic hydroxyl groups is 2. The number of hydrogen-bond acceptors (Lipinski definition) is 12. The van der Waals surface area contributed by atoms with Gasteiger partial charge in [0.25, 0.3) is 0 Å². The van der Waals surface area contributed by atoms with Gasteiger partial charge in [-0.3, -0.25) is 28.8 Å². The molecule has 4 amide bonds. The van der Waals surface area contributed by atoms with Gasteiger partial charge in [0.15, 0.2) is 17.5 Å². The molecule has 0 spiro atoms. The topological polar surface area (TPSA) is 235 Å². The van der Waals surface area contributed by atoms with Crippen LogP contribution in [0.25, 0.3) is 5.57 Å². The first kappa shape index (κ1) is 50.9. The SMILES string of the molecule is CCC(=O)O[C@]1(C(O)C(=O)OC(=O)[C@@H](NC(=O)[C@H]2CCCN2C(=O)[C@H](C)NC(=O)[C@H](C)NC(=O)C=C(C)c2ccccc2)C(C)C)CC[C@H]2[C@@H]3CC(C)C4=CC(=O)C=C[C@]4(C)[C@H]3C(O)C[C@@]21C. The summed E-state index contributed by atoms with van der Waals surface area (Å²) in [5.74, 6) is -6.95. The van der Waals surface area contributed by atoms with Crippen LogP contribution < -0.4 is 16.0 Å². The van der Waals surface area contributed by atoms with E-state index in [1.54, 1.807) is 33.8 Å². The van der Waals surface area contributed by atoms with Gasteiger partial charge in [-0.15, -0.1) is 0 Å². The largest absolute Gasteiger partial charge is 0.455 e. The molecule has 1 saturated heterocycles. The summed E-state index contributed by atoms with van der Waals surface area (Å²) in [5, 5.41) is 32.0. The first-order valence-corrected chi connectivity index (χ1v) is 23.7. The molecule has 0 bridgehead atoms. The van der Waals surface area contributed by atoms with Gasteiger partial charge < -0.3 is 40.5 Å². The van der Waals surface area contributed by atoms with Gasteiger partial charge >= 0.3 is 17.9 Å². The van der Waals surface area contributed by atoms with Gasteiger partial charge in [-0.2, -0.15) is 0 Å². The second kappa shape index (κ2) is 20.0. The van der Waals surface area contributed by atoms with Gasteiger partial charge in [-0.25, -0.2) is 9.59 Å². The molecule has 6 rings (SSSR count). The van der Waals surface area contributed by atoms with Crippen LogP contribution in [0.4, 0.5) is 0 Å².